The summed E-state index contributed by atoms with van der Waals surface area (Å²) in [6.45, 7) is 5.68. The highest BCUT2D eigenvalue weighted by Crippen LogP contribution is 2.30. The number of rotatable bonds is 6. The van der Waals surface area contributed by atoms with Gasteiger partial charge in [-0.3, -0.25) is 0 Å². The number of carboxylic acids is 1. The van der Waals surface area contributed by atoms with E-state index < -0.39 is 5.97 Å². The van der Waals surface area contributed by atoms with Crippen LogP contribution in [0.4, 0.5) is 0 Å². The number of aromatic carboxylic acids is 1. The summed E-state index contributed by atoms with van der Waals surface area (Å²) in [4.78, 5) is 17.6. The first-order chi connectivity index (χ1) is 9.20. The third-order valence-electron chi connectivity index (χ3n) is 3.76. The SMILES string of the molecule is CCCCCN1CCC(c2nc(C(=O)O)cs2)CC1. The van der Waals surface area contributed by atoms with E-state index in [1.54, 1.807) is 5.38 Å². The maximum absolute atomic E-state index is 10.8. The summed E-state index contributed by atoms with van der Waals surface area (Å²) < 4.78 is 0. The number of hydrogen-bond donors (Lipinski definition) is 1. The molecule has 2 heterocycles. The van der Waals surface area contributed by atoms with E-state index in [1.807, 2.05) is 0 Å². The zero-order valence-electron chi connectivity index (χ0n) is 11.5. The molecule has 1 N–H and O–H groups in total. The highest BCUT2D eigenvalue weighted by Gasteiger charge is 2.23. The Morgan fingerprint density at radius 1 is 1.47 bits per heavy atom. The Morgan fingerprint density at radius 3 is 2.79 bits per heavy atom. The van der Waals surface area contributed by atoms with Crippen LogP contribution < -0.4 is 0 Å². The monoisotopic (exact) mass is 282 g/mol. The van der Waals surface area contributed by atoms with Crippen LogP contribution in [0.15, 0.2) is 5.38 Å². The molecule has 4 nitrogen and oxygen atoms in total. The Bertz CT molecular complexity index is 411. The van der Waals surface area contributed by atoms with Crippen molar-refractivity contribution in [3.8, 4) is 0 Å². The summed E-state index contributed by atoms with van der Waals surface area (Å²) in [7, 11) is 0. The molecule has 0 atom stereocenters. The number of unbranched alkanes of at least 4 members (excludes halogenated alkanes) is 2. The van der Waals surface area contributed by atoms with Crippen molar-refractivity contribution in [3.63, 3.8) is 0 Å². The predicted molar refractivity (Wildman–Crippen MR) is 77.0 cm³/mol. The Labute approximate surface area is 118 Å². The second kappa shape index (κ2) is 7.01. The molecule has 0 aromatic carbocycles. The largest absolute Gasteiger partial charge is 0.476 e. The lowest BCUT2D eigenvalue weighted by atomic mass is 9.97. The summed E-state index contributed by atoms with van der Waals surface area (Å²) in [5.74, 6) is -0.458. The number of piperidine rings is 1. The first-order valence-corrected chi connectivity index (χ1v) is 7.99. The van der Waals surface area contributed by atoms with Crippen LogP contribution in [0.3, 0.4) is 0 Å². The number of thiazole rings is 1. The lowest BCUT2D eigenvalue weighted by molar-refractivity contribution is 0.0691. The second-order valence-corrected chi connectivity index (χ2v) is 6.09. The molecule has 19 heavy (non-hydrogen) atoms. The van der Waals surface area contributed by atoms with Crippen molar-refractivity contribution < 1.29 is 9.90 Å². The van der Waals surface area contributed by atoms with E-state index in [-0.39, 0.29) is 5.69 Å². The molecule has 0 saturated carbocycles. The molecule has 0 spiro atoms. The molecule has 1 saturated heterocycles. The zero-order valence-corrected chi connectivity index (χ0v) is 12.3. The Kier molecular flexibility index (Phi) is 5.34. The predicted octanol–water partition coefficient (Wildman–Crippen LogP) is 3.21. The Hall–Kier alpha value is -0.940. The van der Waals surface area contributed by atoms with E-state index in [2.05, 4.69) is 16.8 Å². The quantitative estimate of drug-likeness (QED) is 0.814. The minimum atomic E-state index is -0.917. The van der Waals surface area contributed by atoms with E-state index in [1.165, 1.54) is 37.1 Å². The average Bonchev–Trinajstić information content (AvgIpc) is 2.90. The van der Waals surface area contributed by atoms with Gasteiger partial charge in [0, 0.05) is 11.3 Å². The molecule has 5 heteroatoms. The fraction of sp³-hybridized carbons (Fsp3) is 0.714. The molecule has 0 unspecified atom stereocenters. The molecule has 1 aromatic rings. The number of hydrogen-bond acceptors (Lipinski definition) is 4. The number of aromatic nitrogens is 1. The van der Waals surface area contributed by atoms with E-state index >= 15 is 0 Å². The van der Waals surface area contributed by atoms with Crippen LogP contribution in [0.25, 0.3) is 0 Å². The lowest BCUT2D eigenvalue weighted by Crippen LogP contribution is -2.33. The van der Waals surface area contributed by atoms with Crippen LogP contribution in [-0.2, 0) is 0 Å². The first kappa shape index (κ1) is 14.5. The molecule has 0 bridgehead atoms. The maximum atomic E-state index is 10.8. The van der Waals surface area contributed by atoms with Crippen LogP contribution in [-0.4, -0.2) is 40.6 Å². The first-order valence-electron chi connectivity index (χ1n) is 7.11. The molecule has 0 radical (unpaired) electrons. The third-order valence-corrected chi connectivity index (χ3v) is 4.76. The smallest absolute Gasteiger partial charge is 0.355 e. The van der Waals surface area contributed by atoms with Gasteiger partial charge in [-0.25, -0.2) is 9.78 Å². The maximum Gasteiger partial charge on any atom is 0.355 e. The van der Waals surface area contributed by atoms with Crippen LogP contribution >= 0.6 is 11.3 Å². The van der Waals surface area contributed by atoms with Gasteiger partial charge in [-0.1, -0.05) is 19.8 Å². The molecular formula is C14H22N2O2S. The Balaban J connectivity index is 1.80. The summed E-state index contributed by atoms with van der Waals surface area (Å²) in [6.07, 6.45) is 6.10. The summed E-state index contributed by atoms with van der Waals surface area (Å²) in [6, 6.07) is 0. The van der Waals surface area contributed by atoms with Gasteiger partial charge in [-0.15, -0.1) is 11.3 Å². The van der Waals surface area contributed by atoms with Crippen LogP contribution in [0.1, 0.15) is 60.4 Å². The standard InChI is InChI=1S/C14H22N2O2S/c1-2-3-4-7-16-8-5-11(6-9-16)13-15-12(10-19-13)14(17)18/h10-11H,2-9H2,1H3,(H,17,18). The molecule has 1 aromatic heterocycles. The van der Waals surface area contributed by atoms with Gasteiger partial charge in [-0.2, -0.15) is 0 Å². The van der Waals surface area contributed by atoms with E-state index in [0.29, 0.717) is 5.92 Å². The van der Waals surface area contributed by atoms with E-state index in [9.17, 15) is 4.79 Å². The number of nitrogens with zero attached hydrogens (tertiary/aromatic N) is 2. The van der Waals surface area contributed by atoms with Gasteiger partial charge in [0.05, 0.1) is 5.01 Å². The molecule has 2 rings (SSSR count). The van der Waals surface area contributed by atoms with Gasteiger partial charge in [0.15, 0.2) is 5.69 Å². The summed E-state index contributed by atoms with van der Waals surface area (Å²) >= 11 is 1.50. The van der Waals surface area contributed by atoms with Gasteiger partial charge in [0.1, 0.15) is 0 Å². The molecule has 1 fully saturated rings. The van der Waals surface area contributed by atoms with Crippen molar-refractivity contribution in [3.05, 3.63) is 16.1 Å². The van der Waals surface area contributed by atoms with Crippen LogP contribution in [0.5, 0.6) is 0 Å². The van der Waals surface area contributed by atoms with Gasteiger partial charge < -0.3 is 10.0 Å². The fourth-order valence-corrected chi connectivity index (χ4v) is 3.53. The zero-order chi connectivity index (χ0) is 13.7. The highest BCUT2D eigenvalue weighted by atomic mass is 32.1. The van der Waals surface area contributed by atoms with Gasteiger partial charge >= 0.3 is 5.97 Å². The topological polar surface area (TPSA) is 53.4 Å². The van der Waals surface area contributed by atoms with Gasteiger partial charge in [-0.05, 0) is 38.9 Å². The molecule has 0 aliphatic carbocycles. The van der Waals surface area contributed by atoms with Crippen molar-refractivity contribution in [2.24, 2.45) is 0 Å². The summed E-state index contributed by atoms with van der Waals surface area (Å²) in [5.41, 5.74) is 0.199. The average molecular weight is 282 g/mol. The molecule has 1 aliphatic heterocycles. The van der Waals surface area contributed by atoms with Gasteiger partial charge in [0.25, 0.3) is 0 Å². The number of carboxylic acid groups (broad SMARTS) is 1. The molecule has 106 valence electrons. The highest BCUT2D eigenvalue weighted by molar-refractivity contribution is 7.09. The minimum absolute atomic E-state index is 0.199. The Morgan fingerprint density at radius 2 is 2.21 bits per heavy atom. The molecular weight excluding hydrogens is 260 g/mol. The number of likely N-dealkylation sites (tertiary alicyclic amines) is 1. The number of carbonyl (C=O) groups is 1. The third kappa shape index (κ3) is 4.01. The van der Waals surface area contributed by atoms with Crippen molar-refractivity contribution in [1.82, 2.24) is 9.88 Å². The van der Waals surface area contributed by atoms with Crippen molar-refractivity contribution in [1.29, 1.82) is 0 Å². The second-order valence-electron chi connectivity index (χ2n) is 5.20. The van der Waals surface area contributed by atoms with Crippen molar-refractivity contribution >= 4 is 17.3 Å². The molecule has 1 aliphatic rings. The van der Waals surface area contributed by atoms with Crippen molar-refractivity contribution in [2.45, 2.75) is 44.9 Å². The van der Waals surface area contributed by atoms with E-state index in [4.69, 9.17) is 5.11 Å². The molecule has 0 amide bonds. The minimum Gasteiger partial charge on any atom is -0.476 e. The van der Waals surface area contributed by atoms with Crippen molar-refractivity contribution in [2.75, 3.05) is 19.6 Å². The van der Waals surface area contributed by atoms with Gasteiger partial charge in [0.2, 0.25) is 0 Å². The summed E-state index contributed by atoms with van der Waals surface area (Å²) in [5, 5.41) is 11.6. The van der Waals surface area contributed by atoms with Crippen LogP contribution in [0.2, 0.25) is 0 Å². The lowest BCUT2D eigenvalue weighted by Gasteiger charge is -2.30. The fourth-order valence-electron chi connectivity index (χ4n) is 2.56. The van der Waals surface area contributed by atoms with Crippen LogP contribution in [0, 0.1) is 0 Å². The normalized spacial score (nSPS) is 17.7. The van der Waals surface area contributed by atoms with E-state index in [0.717, 1.165) is 30.9 Å².